The summed E-state index contributed by atoms with van der Waals surface area (Å²) in [4.78, 5) is 19.6. The summed E-state index contributed by atoms with van der Waals surface area (Å²) in [6.45, 7) is 2.36. The van der Waals surface area contributed by atoms with Crippen LogP contribution in [-0.4, -0.2) is 11.9 Å². The van der Waals surface area contributed by atoms with Crippen LogP contribution in [0.5, 0.6) is 0 Å². The number of ether oxygens (including phenoxy) is 1. The smallest absolute Gasteiger partial charge is 0.310 e. The third kappa shape index (κ3) is 90.2. The number of rotatable bonds is 0. The Morgan fingerprint density at radius 2 is 0.933 bits per heavy atom. The van der Waals surface area contributed by atoms with Gasteiger partial charge in [-0.05, 0) is 0 Å². The maximum Gasteiger partial charge on any atom is 0.310 e. The molecule has 11 heteroatoms. The second kappa shape index (κ2) is 15.7. The number of halogens is 6. The van der Waals surface area contributed by atoms with Gasteiger partial charge in [-0.15, -0.1) is 0 Å². The van der Waals surface area contributed by atoms with Gasteiger partial charge in [-0.3, -0.25) is 9.59 Å². The maximum atomic E-state index is 9.81. The zero-order valence-corrected chi connectivity index (χ0v) is 13.7. The van der Waals surface area contributed by atoms with Crippen LogP contribution in [0, 0.1) is 0 Å². The van der Waals surface area contributed by atoms with Crippen LogP contribution >= 0.6 is 79.4 Å². The fourth-order valence-electron chi connectivity index (χ4n) is 0.202. The van der Waals surface area contributed by atoms with E-state index in [-0.39, 0.29) is 0 Å². The Morgan fingerprint density at radius 1 is 0.800 bits per heavy atom. The van der Waals surface area contributed by atoms with Crippen LogP contribution in [0.1, 0.15) is 13.8 Å². The average molecular weight is 377 g/mol. The Kier molecular flexibility index (Phi) is 23.1. The van der Waals surface area contributed by atoms with E-state index in [9.17, 15) is 9.59 Å². The molecule has 15 heavy (non-hydrogen) atoms. The molecule has 0 aromatic carbocycles. The molecule has 0 aliphatic carbocycles. The molecule has 0 aromatic heterocycles. The van der Waals surface area contributed by atoms with E-state index in [0.29, 0.717) is 0 Å². The van der Waals surface area contributed by atoms with Gasteiger partial charge in [-0.25, -0.2) is 0 Å². The van der Waals surface area contributed by atoms with Crippen LogP contribution < -0.4 is 0 Å². The van der Waals surface area contributed by atoms with Crippen LogP contribution in [-0.2, 0) is 14.3 Å². The SMILES string of the molecule is CC(=O)OC(C)=O.ClP(Cl)Cl.ClP(Cl)Cl. The summed E-state index contributed by atoms with van der Waals surface area (Å²) in [6, 6.07) is 0. The van der Waals surface area contributed by atoms with E-state index >= 15 is 0 Å². The predicted octanol–water partition coefficient (Wildman–Crippen LogP) is 5.96. The first-order chi connectivity index (χ1) is 6.59. The van der Waals surface area contributed by atoms with Crippen molar-refractivity contribution in [2.24, 2.45) is 0 Å². The highest BCUT2D eigenvalue weighted by molar-refractivity contribution is 8.20. The second-order valence-corrected chi connectivity index (χ2v) is 11.4. The maximum absolute atomic E-state index is 9.81. The number of hydrogen-bond acceptors (Lipinski definition) is 3. The lowest BCUT2D eigenvalue weighted by Crippen LogP contribution is -2.03. The number of carbonyl (C=O) groups is 2. The van der Waals surface area contributed by atoms with Crippen molar-refractivity contribution in [1.29, 1.82) is 0 Å². The highest BCUT2D eigenvalue weighted by Gasteiger charge is 1.93. The van der Waals surface area contributed by atoms with E-state index in [2.05, 4.69) is 4.74 Å². The van der Waals surface area contributed by atoms with Crippen LogP contribution in [0.4, 0.5) is 0 Å². The van der Waals surface area contributed by atoms with Gasteiger partial charge in [0.05, 0.1) is 0 Å². The van der Waals surface area contributed by atoms with Gasteiger partial charge in [0, 0.05) is 13.8 Å². The molecule has 0 saturated heterocycles. The van der Waals surface area contributed by atoms with Crippen molar-refractivity contribution >= 4 is 91.3 Å². The topological polar surface area (TPSA) is 43.4 Å². The summed E-state index contributed by atoms with van der Waals surface area (Å²) in [5.41, 5.74) is 0. The van der Waals surface area contributed by atoms with Crippen molar-refractivity contribution in [3.05, 3.63) is 0 Å². The largest absolute Gasteiger partial charge is 0.394 e. The zero-order chi connectivity index (χ0) is 13.0. The van der Waals surface area contributed by atoms with Crippen molar-refractivity contribution in [3.63, 3.8) is 0 Å². The van der Waals surface area contributed by atoms with Gasteiger partial charge < -0.3 is 4.74 Å². The summed E-state index contributed by atoms with van der Waals surface area (Å²) in [7, 11) is 0. The summed E-state index contributed by atoms with van der Waals surface area (Å²) < 4.78 is 3.97. The Labute approximate surface area is 119 Å². The molecule has 0 atom stereocenters. The number of carbonyl (C=O) groups excluding carboxylic acids is 2. The molecular weight excluding hydrogens is 371 g/mol. The average Bonchev–Trinajstić information content (AvgIpc) is 1.78. The molecule has 3 nitrogen and oxygen atoms in total. The van der Waals surface area contributed by atoms with E-state index in [4.69, 9.17) is 67.4 Å². The fourth-order valence-corrected chi connectivity index (χ4v) is 0.202. The molecule has 0 spiro atoms. The monoisotopic (exact) mass is 374 g/mol. The first-order valence-corrected chi connectivity index (χ1v) is 10.9. The predicted molar refractivity (Wildman–Crippen MR) is 71.4 cm³/mol. The third-order valence-electron chi connectivity index (χ3n) is 0.287. The van der Waals surface area contributed by atoms with E-state index in [1.165, 1.54) is 13.8 Å². The van der Waals surface area contributed by atoms with Crippen LogP contribution in [0.25, 0.3) is 0 Å². The Morgan fingerprint density at radius 3 is 0.933 bits per heavy atom. The molecule has 0 heterocycles. The fraction of sp³-hybridized carbons (Fsp3) is 0.500. The van der Waals surface area contributed by atoms with Crippen LogP contribution in [0.2, 0.25) is 0 Å². The van der Waals surface area contributed by atoms with Crippen molar-refractivity contribution < 1.29 is 14.3 Å². The van der Waals surface area contributed by atoms with Crippen LogP contribution in [0.15, 0.2) is 0 Å². The molecule has 0 bridgehead atoms. The van der Waals surface area contributed by atoms with E-state index < -0.39 is 23.9 Å². The quantitative estimate of drug-likeness (QED) is 0.298. The van der Waals surface area contributed by atoms with Gasteiger partial charge in [-0.1, -0.05) is 67.4 Å². The van der Waals surface area contributed by atoms with Gasteiger partial charge in [0.1, 0.15) is 0 Å². The molecule has 0 aromatic rings. The minimum absolute atomic E-state index is 0.562. The molecule has 0 radical (unpaired) electrons. The van der Waals surface area contributed by atoms with Crippen molar-refractivity contribution in [2.45, 2.75) is 13.8 Å². The van der Waals surface area contributed by atoms with Gasteiger partial charge in [0.2, 0.25) is 0 Å². The molecular formula is C4H6Cl6O3P2. The minimum atomic E-state index is -1.20. The lowest BCUT2D eigenvalue weighted by Gasteiger charge is -1.87. The van der Waals surface area contributed by atoms with Crippen molar-refractivity contribution in [1.82, 2.24) is 0 Å². The molecule has 92 valence electrons. The Bertz CT molecular complexity index is 154. The number of hydrogen-bond donors (Lipinski definition) is 0. The minimum Gasteiger partial charge on any atom is -0.394 e. The second-order valence-electron chi connectivity index (χ2n) is 1.47. The summed E-state index contributed by atoms with van der Waals surface area (Å²) >= 11 is 29.2. The molecule has 0 saturated carbocycles. The van der Waals surface area contributed by atoms with Gasteiger partial charge in [0.25, 0.3) is 0 Å². The highest BCUT2D eigenvalue weighted by Crippen LogP contribution is 2.51. The lowest BCUT2D eigenvalue weighted by molar-refractivity contribution is -0.156. The number of esters is 2. The van der Waals surface area contributed by atoms with Gasteiger partial charge in [0.15, 0.2) is 12.0 Å². The van der Waals surface area contributed by atoms with E-state index in [1.54, 1.807) is 0 Å². The molecule has 0 N–H and O–H groups in total. The summed E-state index contributed by atoms with van der Waals surface area (Å²) in [5.74, 6) is -3.53. The zero-order valence-electron chi connectivity index (χ0n) is 7.39. The van der Waals surface area contributed by atoms with Gasteiger partial charge >= 0.3 is 11.9 Å². The molecule has 0 aliphatic heterocycles. The molecule has 0 fully saturated rings. The normalized spacial score (nSPS) is 8.40. The van der Waals surface area contributed by atoms with E-state index in [0.717, 1.165) is 0 Å². The molecule has 0 amide bonds. The standard InChI is InChI=1S/C4H6O3.2Cl3P/c1-3(5)7-4(2)6;2*1-4(2)3/h1-2H3;;. The summed E-state index contributed by atoms with van der Waals surface area (Å²) in [5, 5.41) is 0. The Balaban J connectivity index is -0.000000155. The van der Waals surface area contributed by atoms with Crippen LogP contribution in [0.3, 0.4) is 0 Å². The van der Waals surface area contributed by atoms with Crippen molar-refractivity contribution in [3.8, 4) is 0 Å². The highest BCUT2D eigenvalue weighted by atomic mass is 36.1. The Hall–Kier alpha value is 1.74. The first kappa shape index (κ1) is 22.0. The molecule has 0 rings (SSSR count). The molecule has 0 unspecified atom stereocenters. The van der Waals surface area contributed by atoms with Gasteiger partial charge in [-0.2, -0.15) is 0 Å². The molecule has 0 aliphatic rings. The first-order valence-electron chi connectivity index (χ1n) is 2.83. The van der Waals surface area contributed by atoms with Crippen molar-refractivity contribution in [2.75, 3.05) is 0 Å². The third-order valence-corrected chi connectivity index (χ3v) is 0.287. The lowest BCUT2D eigenvalue weighted by atomic mass is 10.7. The van der Waals surface area contributed by atoms with E-state index in [1.807, 2.05) is 0 Å². The summed E-state index contributed by atoms with van der Waals surface area (Å²) in [6.07, 6.45) is 0.